The monoisotopic (exact) mass is 233 g/mol. The summed E-state index contributed by atoms with van der Waals surface area (Å²) in [6.45, 7) is 3.68. The van der Waals surface area contributed by atoms with Crippen molar-refractivity contribution in [2.75, 3.05) is 5.33 Å². The largest absolute Gasteiger partial charge is 0.207 e. The third-order valence-corrected chi connectivity index (χ3v) is 2.37. The maximum atomic E-state index is 13.0. The fraction of sp³-hybridized carbons (Fsp3) is 0.222. The van der Waals surface area contributed by atoms with Gasteiger partial charge in [-0.05, 0) is 36.6 Å². The van der Waals surface area contributed by atoms with Gasteiger partial charge in [0.2, 0.25) is 0 Å². The van der Waals surface area contributed by atoms with Crippen molar-refractivity contribution in [3.8, 4) is 0 Å². The van der Waals surface area contributed by atoms with Crippen molar-refractivity contribution in [3.63, 3.8) is 0 Å². The van der Waals surface area contributed by atoms with Gasteiger partial charge in [-0.15, -0.1) is 0 Å². The first-order valence-corrected chi connectivity index (χ1v) is 4.61. The van der Waals surface area contributed by atoms with Crippen molar-refractivity contribution in [1.29, 1.82) is 0 Å². The van der Waals surface area contributed by atoms with Crippen LogP contribution in [0.2, 0.25) is 0 Å². The number of halogens is 3. The maximum Gasteiger partial charge on any atom is 0.126 e. The lowest BCUT2D eigenvalue weighted by atomic mass is 10.0. The molecular weight excluding hydrogens is 226 g/mol. The van der Waals surface area contributed by atoms with E-state index in [1.54, 1.807) is 0 Å². The van der Waals surface area contributed by atoms with Gasteiger partial charge in [0.25, 0.3) is 0 Å². The summed E-state index contributed by atoms with van der Waals surface area (Å²) in [4.78, 5) is 0. The number of rotatable bonds is 2. The molecule has 0 aliphatic rings. The van der Waals surface area contributed by atoms with E-state index in [1.165, 1.54) is 6.07 Å². The summed E-state index contributed by atoms with van der Waals surface area (Å²) < 4.78 is 25.6. The van der Waals surface area contributed by atoms with Crippen molar-refractivity contribution in [2.45, 2.75) is 5.92 Å². The molecule has 65 valence electrons. The van der Waals surface area contributed by atoms with E-state index < -0.39 is 11.6 Å². The average molecular weight is 234 g/mol. The van der Waals surface area contributed by atoms with Crippen molar-refractivity contribution in [1.82, 2.24) is 0 Å². The number of hydrogen-bond donors (Lipinski definition) is 0. The molecule has 1 radical (unpaired) electrons. The van der Waals surface area contributed by atoms with Crippen LogP contribution >= 0.6 is 15.9 Å². The highest BCUT2D eigenvalue weighted by Crippen LogP contribution is 2.20. The Hall–Kier alpha value is -0.440. The Kier molecular flexibility index (Phi) is 3.20. The molecule has 1 atom stereocenters. The van der Waals surface area contributed by atoms with Crippen LogP contribution in [0.15, 0.2) is 18.2 Å². The lowest BCUT2D eigenvalue weighted by molar-refractivity contribution is 0.582. The predicted molar refractivity (Wildman–Crippen MR) is 48.3 cm³/mol. The van der Waals surface area contributed by atoms with E-state index >= 15 is 0 Å². The molecule has 1 aromatic carbocycles. The molecule has 0 heterocycles. The molecule has 0 aliphatic heterocycles. The summed E-state index contributed by atoms with van der Waals surface area (Å²) in [6.07, 6.45) is 0. The second-order valence-corrected chi connectivity index (χ2v) is 3.16. The van der Waals surface area contributed by atoms with Gasteiger partial charge in [0, 0.05) is 5.33 Å². The van der Waals surface area contributed by atoms with Gasteiger partial charge >= 0.3 is 0 Å². The molecule has 1 aromatic rings. The molecule has 0 aliphatic carbocycles. The average Bonchev–Trinajstić information content (AvgIpc) is 2.08. The summed E-state index contributed by atoms with van der Waals surface area (Å²) in [5.74, 6) is -1.09. The first-order chi connectivity index (χ1) is 5.65. The third-order valence-electron chi connectivity index (χ3n) is 1.58. The van der Waals surface area contributed by atoms with Crippen molar-refractivity contribution in [2.24, 2.45) is 0 Å². The van der Waals surface area contributed by atoms with Gasteiger partial charge in [-0.3, -0.25) is 0 Å². The predicted octanol–water partition coefficient (Wildman–Crippen LogP) is 3.28. The van der Waals surface area contributed by atoms with Crippen LogP contribution < -0.4 is 0 Å². The van der Waals surface area contributed by atoms with E-state index in [0.29, 0.717) is 10.9 Å². The highest BCUT2D eigenvalue weighted by atomic mass is 79.9. The SMILES string of the molecule is [CH2]C(CBr)c1cc(F)ccc1F. The molecule has 0 amide bonds. The van der Waals surface area contributed by atoms with E-state index in [9.17, 15) is 8.78 Å². The van der Waals surface area contributed by atoms with Crippen LogP contribution in [-0.2, 0) is 0 Å². The quantitative estimate of drug-likeness (QED) is 0.689. The van der Waals surface area contributed by atoms with Gasteiger partial charge in [-0.2, -0.15) is 0 Å². The Morgan fingerprint density at radius 3 is 2.67 bits per heavy atom. The molecule has 0 nitrogen and oxygen atoms in total. The fourth-order valence-electron chi connectivity index (χ4n) is 0.911. The Bertz CT molecular complexity index is 273. The summed E-state index contributed by atoms with van der Waals surface area (Å²) in [7, 11) is 0. The van der Waals surface area contributed by atoms with Crippen LogP contribution in [0.3, 0.4) is 0 Å². The highest BCUT2D eigenvalue weighted by molar-refractivity contribution is 9.09. The Balaban J connectivity index is 3.04. The molecule has 0 aromatic heterocycles. The summed E-state index contributed by atoms with van der Waals surface area (Å²) in [5.41, 5.74) is 0.312. The molecule has 0 spiro atoms. The first-order valence-electron chi connectivity index (χ1n) is 3.49. The minimum Gasteiger partial charge on any atom is -0.207 e. The fourth-order valence-corrected chi connectivity index (χ4v) is 1.26. The van der Waals surface area contributed by atoms with Gasteiger partial charge in [0.1, 0.15) is 11.6 Å². The zero-order valence-corrected chi connectivity index (χ0v) is 7.94. The normalized spacial score (nSPS) is 13.0. The smallest absolute Gasteiger partial charge is 0.126 e. The van der Waals surface area contributed by atoms with Gasteiger partial charge in [-0.1, -0.05) is 15.9 Å². The van der Waals surface area contributed by atoms with Crippen LogP contribution in [0.1, 0.15) is 11.5 Å². The second kappa shape index (κ2) is 3.99. The highest BCUT2D eigenvalue weighted by Gasteiger charge is 2.10. The van der Waals surface area contributed by atoms with Crippen molar-refractivity contribution < 1.29 is 8.78 Å². The topological polar surface area (TPSA) is 0 Å². The zero-order chi connectivity index (χ0) is 9.14. The Labute approximate surface area is 78.7 Å². The van der Waals surface area contributed by atoms with E-state index in [2.05, 4.69) is 22.9 Å². The molecule has 3 heteroatoms. The number of hydrogen-bond acceptors (Lipinski definition) is 0. The van der Waals surface area contributed by atoms with Gasteiger partial charge in [-0.25, -0.2) is 8.78 Å². The van der Waals surface area contributed by atoms with E-state index in [-0.39, 0.29) is 5.92 Å². The summed E-state index contributed by atoms with van der Waals surface area (Å²) in [6, 6.07) is 3.39. The minimum absolute atomic E-state index is 0.249. The van der Waals surface area contributed by atoms with Crippen LogP contribution in [-0.4, -0.2) is 5.33 Å². The summed E-state index contributed by atoms with van der Waals surface area (Å²) in [5, 5.41) is 0.521. The molecule has 0 bridgehead atoms. The van der Waals surface area contributed by atoms with Crippen LogP contribution in [0.4, 0.5) is 8.78 Å². The standard InChI is InChI=1S/C9H8BrF2/c1-6(5-10)8-4-7(11)2-3-9(8)12/h2-4,6H,1,5H2. The molecule has 1 rings (SSSR count). The van der Waals surface area contributed by atoms with Gasteiger partial charge in [0.15, 0.2) is 0 Å². The number of benzene rings is 1. The molecule has 0 fully saturated rings. The minimum atomic E-state index is -0.430. The molecule has 12 heavy (non-hydrogen) atoms. The lowest BCUT2D eigenvalue weighted by Gasteiger charge is -2.08. The summed E-state index contributed by atoms with van der Waals surface area (Å²) >= 11 is 3.16. The molecule has 0 N–H and O–H groups in total. The van der Waals surface area contributed by atoms with Crippen LogP contribution in [0.25, 0.3) is 0 Å². The lowest BCUT2D eigenvalue weighted by Crippen LogP contribution is -1.99. The molecule has 1 unspecified atom stereocenters. The van der Waals surface area contributed by atoms with Gasteiger partial charge < -0.3 is 0 Å². The third kappa shape index (κ3) is 2.03. The first kappa shape index (κ1) is 9.65. The Morgan fingerprint density at radius 1 is 1.42 bits per heavy atom. The van der Waals surface area contributed by atoms with E-state index in [0.717, 1.165) is 12.1 Å². The van der Waals surface area contributed by atoms with Crippen molar-refractivity contribution >= 4 is 15.9 Å². The van der Waals surface area contributed by atoms with Gasteiger partial charge in [0.05, 0.1) is 0 Å². The van der Waals surface area contributed by atoms with E-state index in [1.807, 2.05) is 0 Å². The van der Waals surface area contributed by atoms with Crippen LogP contribution in [0, 0.1) is 18.6 Å². The zero-order valence-electron chi connectivity index (χ0n) is 6.36. The van der Waals surface area contributed by atoms with Crippen molar-refractivity contribution in [3.05, 3.63) is 42.3 Å². The second-order valence-electron chi connectivity index (χ2n) is 2.52. The Morgan fingerprint density at radius 2 is 2.08 bits per heavy atom. The maximum absolute atomic E-state index is 13.0. The molecule has 0 saturated heterocycles. The van der Waals surface area contributed by atoms with E-state index in [4.69, 9.17) is 0 Å². The number of alkyl halides is 1. The van der Waals surface area contributed by atoms with Crippen LogP contribution in [0.5, 0.6) is 0 Å². The molecule has 0 saturated carbocycles. The molecular formula is C9H8BrF2.